The summed E-state index contributed by atoms with van der Waals surface area (Å²) in [7, 11) is -3.81. The van der Waals surface area contributed by atoms with E-state index < -0.39 is 22.1 Å². The third kappa shape index (κ3) is 8.45. The molecule has 0 aromatic heterocycles. The summed E-state index contributed by atoms with van der Waals surface area (Å²) in [5, 5.41) is 0. The molecule has 0 aliphatic heterocycles. The number of nitrogens with two attached hydrogens (primary N) is 1. The largest absolute Gasteiger partial charge is 0.322 e. The molecule has 3 N–H and O–H groups in total. The van der Waals surface area contributed by atoms with Crippen molar-refractivity contribution in [2.75, 3.05) is 0 Å². The number of benzene rings is 4. The van der Waals surface area contributed by atoms with Crippen LogP contribution in [0.1, 0.15) is 81.9 Å². The van der Waals surface area contributed by atoms with E-state index in [2.05, 4.69) is 49.8 Å². The Balaban J connectivity index is 0.000000452. The van der Waals surface area contributed by atoms with E-state index in [1.165, 1.54) is 11.1 Å². The van der Waals surface area contributed by atoms with E-state index in [0.29, 0.717) is 10.8 Å². The third-order valence-electron chi connectivity index (χ3n) is 7.93. The van der Waals surface area contributed by atoms with E-state index in [-0.39, 0.29) is 19.5 Å². The molecule has 0 saturated heterocycles. The molecule has 0 aliphatic rings. The fourth-order valence-electron chi connectivity index (χ4n) is 4.92. The van der Waals surface area contributed by atoms with E-state index in [0.717, 1.165) is 38.9 Å². The fraction of sp³-hybridized carbons (Fsp3) is 0.314. The Hall–Kier alpha value is -2.63. The van der Waals surface area contributed by atoms with Crippen molar-refractivity contribution < 1.29 is 27.9 Å². The minimum Gasteiger partial charge on any atom is -0.322 e. The van der Waals surface area contributed by atoms with Crippen LogP contribution in [0.2, 0.25) is 0 Å². The molecule has 4 aromatic rings. The van der Waals surface area contributed by atoms with Gasteiger partial charge in [-0.25, -0.2) is 13.1 Å². The number of sulfonamides is 1. The summed E-state index contributed by atoms with van der Waals surface area (Å²) in [4.78, 5) is 0.351. The van der Waals surface area contributed by atoms with Crippen LogP contribution >= 0.6 is 0 Å². The molecule has 220 valence electrons. The summed E-state index contributed by atoms with van der Waals surface area (Å²) in [6, 6.07) is 26.7. The third-order valence-corrected chi connectivity index (χ3v) is 9.64. The average molecular weight is 658 g/mol. The minimum absolute atomic E-state index is 0. The molecule has 41 heavy (non-hydrogen) atoms. The van der Waals surface area contributed by atoms with Gasteiger partial charge in [0.25, 0.3) is 0 Å². The van der Waals surface area contributed by atoms with Gasteiger partial charge in [0, 0.05) is 19.5 Å². The van der Waals surface area contributed by atoms with Gasteiger partial charge < -0.3 is 5.73 Å². The normalized spacial score (nSPS) is 12.6. The van der Waals surface area contributed by atoms with Gasteiger partial charge in [-0.05, 0) is 92.0 Å². The van der Waals surface area contributed by atoms with Gasteiger partial charge in [0.15, 0.2) is 0 Å². The van der Waals surface area contributed by atoms with Crippen molar-refractivity contribution >= 4 is 10.0 Å². The summed E-state index contributed by atoms with van der Waals surface area (Å²) in [5.74, 6) is 0.653. The summed E-state index contributed by atoms with van der Waals surface area (Å²) in [6.07, 6.45) is 0. The van der Waals surface area contributed by atoms with Gasteiger partial charge in [-0.1, -0.05) is 104 Å². The summed E-state index contributed by atoms with van der Waals surface area (Å²) >= 11 is 0. The van der Waals surface area contributed by atoms with E-state index in [1.807, 2.05) is 95.3 Å². The van der Waals surface area contributed by atoms with Crippen molar-refractivity contribution in [3.63, 3.8) is 0 Å². The maximum atomic E-state index is 13.6. The molecule has 4 aromatic carbocycles. The molecule has 0 amide bonds. The van der Waals surface area contributed by atoms with Gasteiger partial charge in [-0.2, -0.15) is 0 Å². The number of rotatable bonds is 7. The molecule has 6 heteroatoms. The van der Waals surface area contributed by atoms with Crippen molar-refractivity contribution in [3.8, 4) is 0 Å². The van der Waals surface area contributed by atoms with Crippen LogP contribution in [0.15, 0.2) is 89.8 Å². The number of hydrogen-bond acceptors (Lipinski definition) is 3. The minimum atomic E-state index is -3.81. The van der Waals surface area contributed by atoms with Gasteiger partial charge in [0.2, 0.25) is 10.0 Å². The average Bonchev–Trinajstić information content (AvgIpc) is 2.95. The van der Waals surface area contributed by atoms with Crippen LogP contribution in [-0.4, -0.2) is 8.42 Å². The first-order valence-electron chi connectivity index (χ1n) is 13.9. The number of hydrogen-bond donors (Lipinski definition) is 2. The second-order valence-electron chi connectivity index (χ2n) is 11.0. The van der Waals surface area contributed by atoms with Crippen molar-refractivity contribution in [3.05, 3.63) is 135 Å². The monoisotopic (exact) mass is 658 g/mol. The predicted octanol–water partition coefficient (Wildman–Crippen LogP) is 8.06. The second kappa shape index (κ2) is 15.0. The van der Waals surface area contributed by atoms with E-state index in [9.17, 15) is 8.42 Å². The Kier molecular flexibility index (Phi) is 12.7. The maximum Gasteiger partial charge on any atom is 0.241 e. The fourth-order valence-corrected chi connectivity index (χ4v) is 6.77. The van der Waals surface area contributed by atoms with Crippen LogP contribution in [0.4, 0.5) is 0 Å². The molecular weight excluding hydrogens is 614 g/mol. The molecule has 4 rings (SSSR count). The van der Waals surface area contributed by atoms with Crippen molar-refractivity contribution in [1.82, 2.24) is 4.72 Å². The zero-order valence-electron chi connectivity index (χ0n) is 25.5. The van der Waals surface area contributed by atoms with Crippen molar-refractivity contribution in [1.29, 1.82) is 0 Å². The van der Waals surface area contributed by atoms with Gasteiger partial charge in [-0.15, -0.1) is 0 Å². The zero-order chi connectivity index (χ0) is 29.6. The molecule has 0 radical (unpaired) electrons. The summed E-state index contributed by atoms with van der Waals surface area (Å²) in [5.41, 5.74) is 15.7. The van der Waals surface area contributed by atoms with E-state index >= 15 is 0 Å². The van der Waals surface area contributed by atoms with Gasteiger partial charge in [0.1, 0.15) is 0 Å². The number of aryl methyl sites for hydroxylation is 1. The predicted molar refractivity (Wildman–Crippen MR) is 168 cm³/mol. The maximum absolute atomic E-state index is 13.6. The van der Waals surface area contributed by atoms with Crippen LogP contribution < -0.4 is 10.5 Å². The number of nitrogens with one attached hydrogen (secondary N) is 1. The molecule has 0 spiro atoms. The zero-order valence-corrected chi connectivity index (χ0v) is 28.0. The SMILES string of the molecule is Cc1c(C)c(C)c(S(=O)(=O)N[C@H](c2ccccc2)[C@H](N)c2ccccc2)c(C)c1C.Cc1ccc(C(C)C)cc1.[Ru]. The van der Waals surface area contributed by atoms with Gasteiger partial charge in [0.05, 0.1) is 17.0 Å². The summed E-state index contributed by atoms with van der Waals surface area (Å²) < 4.78 is 30.2. The molecule has 0 bridgehead atoms. The first-order valence-corrected chi connectivity index (χ1v) is 15.3. The molecule has 2 atom stereocenters. The Bertz CT molecular complexity index is 1490. The molecule has 0 fully saturated rings. The van der Waals surface area contributed by atoms with Crippen LogP contribution in [0.5, 0.6) is 0 Å². The standard InChI is InChI=1S/C25H30N2O2S.C10H14.Ru/c1-16-17(2)19(4)25(20(5)18(16)3)30(28,29)27-24(22-14-10-7-11-15-22)23(26)21-12-8-6-9-13-21;1-8(2)10-6-4-9(3)5-7-10;/h6-15,23-24,27H,26H2,1-5H3;4-8H,1-3H3;/t23-,24-;;/m1../s1. The van der Waals surface area contributed by atoms with E-state index in [4.69, 9.17) is 5.73 Å². The molecule has 0 unspecified atom stereocenters. The molecular formula is C35H44N2O2RuS. The Morgan fingerprint density at radius 1 is 0.585 bits per heavy atom. The molecule has 0 saturated carbocycles. The second-order valence-corrected chi connectivity index (χ2v) is 12.6. The van der Waals surface area contributed by atoms with Gasteiger partial charge >= 0.3 is 0 Å². The van der Waals surface area contributed by atoms with Crippen LogP contribution in [0.25, 0.3) is 0 Å². The molecule has 0 heterocycles. The Labute approximate surface area is 260 Å². The van der Waals surface area contributed by atoms with Crippen molar-refractivity contribution in [2.45, 2.75) is 78.3 Å². The first kappa shape index (κ1) is 34.6. The first-order chi connectivity index (χ1) is 18.8. The summed E-state index contributed by atoms with van der Waals surface area (Å²) in [6.45, 7) is 16.3. The van der Waals surface area contributed by atoms with Crippen LogP contribution in [0.3, 0.4) is 0 Å². The van der Waals surface area contributed by atoms with Crippen LogP contribution in [-0.2, 0) is 29.5 Å². The quantitative estimate of drug-likeness (QED) is 0.198. The van der Waals surface area contributed by atoms with Crippen LogP contribution in [0, 0.1) is 41.5 Å². The topological polar surface area (TPSA) is 72.2 Å². The Morgan fingerprint density at radius 3 is 1.44 bits per heavy atom. The molecule has 0 aliphatic carbocycles. The molecule has 4 nitrogen and oxygen atoms in total. The Morgan fingerprint density at radius 2 is 1.00 bits per heavy atom. The van der Waals surface area contributed by atoms with Gasteiger partial charge in [-0.3, -0.25) is 0 Å². The smallest absolute Gasteiger partial charge is 0.241 e. The van der Waals surface area contributed by atoms with Crippen molar-refractivity contribution in [2.24, 2.45) is 5.73 Å². The van der Waals surface area contributed by atoms with E-state index in [1.54, 1.807) is 0 Å².